The zero-order chi connectivity index (χ0) is 17.8. The second-order valence-electron chi connectivity index (χ2n) is 6.07. The maximum Gasteiger partial charge on any atom is 0.188 e. The van der Waals surface area contributed by atoms with Crippen molar-refractivity contribution in [1.82, 2.24) is 24.8 Å². The van der Waals surface area contributed by atoms with Gasteiger partial charge in [-0.15, -0.1) is 0 Å². The van der Waals surface area contributed by atoms with Gasteiger partial charge in [-0.1, -0.05) is 18.3 Å². The first kappa shape index (κ1) is 16.9. The van der Waals surface area contributed by atoms with E-state index in [1.165, 1.54) is 0 Å². The molecule has 134 valence electrons. The van der Waals surface area contributed by atoms with Crippen LogP contribution in [0.3, 0.4) is 0 Å². The molecule has 0 radical (unpaired) electrons. The molecule has 1 fully saturated rings. The van der Waals surface area contributed by atoms with E-state index >= 15 is 0 Å². The van der Waals surface area contributed by atoms with E-state index < -0.39 is 0 Å². The van der Waals surface area contributed by atoms with E-state index in [9.17, 15) is 0 Å². The molecule has 0 bridgehead atoms. The number of nitrogens with zero attached hydrogens (tertiary/aromatic N) is 6. The zero-order valence-corrected chi connectivity index (χ0v) is 15.5. The first-order chi connectivity index (χ1) is 12.8. The number of rotatable bonds is 5. The third kappa shape index (κ3) is 3.81. The van der Waals surface area contributed by atoms with Crippen LogP contribution in [-0.4, -0.2) is 57.6 Å². The van der Waals surface area contributed by atoms with Crippen LogP contribution in [0.2, 0.25) is 0 Å². The number of hydrogen-bond donors (Lipinski definition) is 1. The summed E-state index contributed by atoms with van der Waals surface area (Å²) in [6.07, 6.45) is 7.06. The average Bonchev–Trinajstić information content (AvgIpc) is 3.17. The lowest BCUT2D eigenvalue weighted by Gasteiger charge is -2.34. The molecule has 0 atom stereocenters. The zero-order valence-electron chi connectivity index (χ0n) is 14.7. The minimum absolute atomic E-state index is 0.767. The van der Waals surface area contributed by atoms with E-state index in [4.69, 9.17) is 0 Å². The lowest BCUT2D eigenvalue weighted by atomic mass is 10.2. The lowest BCUT2D eigenvalue weighted by molar-refractivity contribution is 0.270. The van der Waals surface area contributed by atoms with Gasteiger partial charge in [-0.2, -0.15) is 0 Å². The van der Waals surface area contributed by atoms with Gasteiger partial charge in [-0.25, -0.2) is 15.0 Å². The van der Waals surface area contributed by atoms with E-state index in [2.05, 4.69) is 42.0 Å². The summed E-state index contributed by atoms with van der Waals surface area (Å²) in [4.78, 5) is 23.1. The third-order valence-corrected chi connectivity index (χ3v) is 5.46. The van der Waals surface area contributed by atoms with Crippen molar-refractivity contribution in [3.63, 3.8) is 0 Å². The van der Waals surface area contributed by atoms with Crippen LogP contribution in [0.25, 0.3) is 10.4 Å². The Bertz CT molecular complexity index is 844. The van der Waals surface area contributed by atoms with E-state index in [0.717, 1.165) is 59.9 Å². The van der Waals surface area contributed by atoms with Crippen molar-refractivity contribution in [1.29, 1.82) is 0 Å². The molecule has 26 heavy (non-hydrogen) atoms. The van der Waals surface area contributed by atoms with Gasteiger partial charge >= 0.3 is 0 Å². The predicted molar refractivity (Wildman–Crippen MR) is 105 cm³/mol. The fourth-order valence-corrected chi connectivity index (χ4v) is 3.80. The number of hydrogen-bond acceptors (Lipinski definition) is 8. The lowest BCUT2D eigenvalue weighted by Crippen LogP contribution is -2.46. The molecule has 0 unspecified atom stereocenters. The van der Waals surface area contributed by atoms with Crippen LogP contribution in [0, 0.1) is 0 Å². The summed E-state index contributed by atoms with van der Waals surface area (Å²) in [6.45, 7) is 7.45. The van der Waals surface area contributed by atoms with Gasteiger partial charge in [0.15, 0.2) is 5.13 Å². The maximum atomic E-state index is 4.46. The number of piperazine rings is 1. The Labute approximate surface area is 156 Å². The molecule has 3 aromatic heterocycles. The molecular formula is C18H21N7S. The Hall–Kier alpha value is -2.58. The minimum Gasteiger partial charge on any atom is -0.354 e. The van der Waals surface area contributed by atoms with Gasteiger partial charge in [0.2, 0.25) is 0 Å². The first-order valence-corrected chi connectivity index (χ1v) is 9.56. The highest BCUT2D eigenvalue weighted by molar-refractivity contribution is 7.18. The van der Waals surface area contributed by atoms with Gasteiger partial charge < -0.3 is 15.1 Å². The normalized spacial score (nSPS) is 15.2. The summed E-state index contributed by atoms with van der Waals surface area (Å²) in [5, 5.41) is 4.11. The van der Waals surface area contributed by atoms with Crippen LogP contribution in [0.1, 0.15) is 6.92 Å². The van der Waals surface area contributed by atoms with Gasteiger partial charge in [-0.3, -0.25) is 4.98 Å². The number of nitrogens with one attached hydrogen (secondary N) is 1. The maximum absolute atomic E-state index is 4.46. The molecule has 8 heteroatoms. The molecule has 7 nitrogen and oxygen atoms in total. The Morgan fingerprint density at radius 3 is 2.65 bits per heavy atom. The van der Waals surface area contributed by atoms with Crippen molar-refractivity contribution in [2.75, 3.05) is 42.9 Å². The average molecular weight is 367 g/mol. The van der Waals surface area contributed by atoms with E-state index in [0.29, 0.717) is 0 Å². The number of aromatic nitrogens is 4. The topological polar surface area (TPSA) is 70.1 Å². The SMILES string of the molecule is CCN1CCN(c2cc(Nc3ncc(-c4ccncc4)s3)ncn2)CC1. The summed E-state index contributed by atoms with van der Waals surface area (Å²) in [6, 6.07) is 5.96. The van der Waals surface area contributed by atoms with Crippen molar-refractivity contribution < 1.29 is 0 Å². The van der Waals surface area contributed by atoms with Crippen LogP contribution in [-0.2, 0) is 0 Å². The number of pyridine rings is 1. The largest absolute Gasteiger partial charge is 0.354 e. The molecule has 0 aliphatic carbocycles. The summed E-state index contributed by atoms with van der Waals surface area (Å²) >= 11 is 1.59. The van der Waals surface area contributed by atoms with Gasteiger partial charge in [0.05, 0.1) is 4.88 Å². The molecule has 1 aliphatic rings. The van der Waals surface area contributed by atoms with Crippen LogP contribution in [0.5, 0.6) is 0 Å². The van der Waals surface area contributed by atoms with Crippen molar-refractivity contribution in [2.45, 2.75) is 6.92 Å². The molecule has 0 saturated carbocycles. The third-order valence-electron chi connectivity index (χ3n) is 4.50. The van der Waals surface area contributed by atoms with Gasteiger partial charge in [0.25, 0.3) is 0 Å². The van der Waals surface area contributed by atoms with Gasteiger partial charge in [0, 0.05) is 50.8 Å². The standard InChI is InChI=1S/C18H21N7S/c1-2-24-7-9-25(10-8-24)17-11-16(21-13-22-17)23-18-20-12-15(26-18)14-3-5-19-6-4-14/h3-6,11-13H,2,7-10H2,1H3,(H,20,21,22,23). The van der Waals surface area contributed by atoms with Crippen LogP contribution >= 0.6 is 11.3 Å². The van der Waals surface area contributed by atoms with Crippen molar-refractivity contribution in [2.24, 2.45) is 0 Å². The Balaban J connectivity index is 1.45. The van der Waals surface area contributed by atoms with Crippen molar-refractivity contribution in [3.05, 3.63) is 43.1 Å². The van der Waals surface area contributed by atoms with E-state index in [1.54, 1.807) is 30.1 Å². The molecule has 0 amide bonds. The quantitative estimate of drug-likeness (QED) is 0.743. The molecule has 4 rings (SSSR count). The fourth-order valence-electron chi connectivity index (χ4n) is 2.97. The minimum atomic E-state index is 0.767. The monoisotopic (exact) mass is 367 g/mol. The molecule has 0 aromatic carbocycles. The number of anilines is 3. The number of likely N-dealkylation sites (N-methyl/N-ethyl adjacent to an activating group) is 1. The Morgan fingerprint density at radius 2 is 1.88 bits per heavy atom. The highest BCUT2D eigenvalue weighted by Gasteiger charge is 2.17. The summed E-state index contributed by atoms with van der Waals surface area (Å²) in [5.41, 5.74) is 1.11. The summed E-state index contributed by atoms with van der Waals surface area (Å²) < 4.78 is 0. The molecule has 1 aliphatic heterocycles. The van der Waals surface area contributed by atoms with Crippen LogP contribution < -0.4 is 10.2 Å². The van der Waals surface area contributed by atoms with E-state index in [1.807, 2.05) is 24.4 Å². The van der Waals surface area contributed by atoms with Crippen LogP contribution in [0.15, 0.2) is 43.1 Å². The highest BCUT2D eigenvalue weighted by Crippen LogP contribution is 2.30. The number of thiazole rings is 1. The second kappa shape index (κ2) is 7.76. The Morgan fingerprint density at radius 1 is 1.08 bits per heavy atom. The molecule has 3 aromatic rings. The van der Waals surface area contributed by atoms with Crippen LogP contribution in [0.4, 0.5) is 16.8 Å². The summed E-state index contributed by atoms with van der Waals surface area (Å²) in [5.74, 6) is 1.73. The second-order valence-corrected chi connectivity index (χ2v) is 7.10. The first-order valence-electron chi connectivity index (χ1n) is 8.74. The molecule has 1 N–H and O–H groups in total. The van der Waals surface area contributed by atoms with Crippen molar-refractivity contribution >= 4 is 28.1 Å². The molecule has 1 saturated heterocycles. The van der Waals surface area contributed by atoms with Gasteiger partial charge in [-0.05, 0) is 24.2 Å². The Kier molecular flexibility index (Phi) is 5.03. The predicted octanol–water partition coefficient (Wildman–Crippen LogP) is 2.88. The van der Waals surface area contributed by atoms with Crippen molar-refractivity contribution in [3.8, 4) is 10.4 Å². The van der Waals surface area contributed by atoms with Gasteiger partial charge in [0.1, 0.15) is 18.0 Å². The molecule has 4 heterocycles. The smallest absolute Gasteiger partial charge is 0.188 e. The van der Waals surface area contributed by atoms with E-state index in [-0.39, 0.29) is 0 Å². The fraction of sp³-hybridized carbons (Fsp3) is 0.333. The molecule has 0 spiro atoms. The summed E-state index contributed by atoms with van der Waals surface area (Å²) in [7, 11) is 0. The molecular weight excluding hydrogens is 346 g/mol. The highest BCUT2D eigenvalue weighted by atomic mass is 32.1.